The molecule has 1 aliphatic heterocycles. The van der Waals surface area contributed by atoms with Gasteiger partial charge in [0.25, 0.3) is 0 Å². The average molecular weight is 290 g/mol. The minimum Gasteiger partial charge on any atom is -0.307 e. The van der Waals surface area contributed by atoms with Crippen LogP contribution in [-0.2, 0) is 4.79 Å². The summed E-state index contributed by atoms with van der Waals surface area (Å²) >= 11 is 3.27. The van der Waals surface area contributed by atoms with E-state index >= 15 is 0 Å². The van der Waals surface area contributed by atoms with E-state index in [4.69, 9.17) is 0 Å². The van der Waals surface area contributed by atoms with Crippen LogP contribution in [0.1, 0.15) is 6.42 Å². The van der Waals surface area contributed by atoms with E-state index in [-0.39, 0.29) is 17.5 Å². The smallest absolute Gasteiger partial charge is 0.227 e. The molecule has 0 spiro atoms. The minimum absolute atomic E-state index is 0.117. The predicted octanol–water partition coefficient (Wildman–Crippen LogP) is 2.71. The number of carbonyl (C=O) groups is 1. The summed E-state index contributed by atoms with van der Waals surface area (Å²) in [5.74, 6) is -1.49. The van der Waals surface area contributed by atoms with E-state index in [1.54, 1.807) is 0 Å². The maximum Gasteiger partial charge on any atom is 0.227 e. The number of rotatable bonds is 2. The summed E-state index contributed by atoms with van der Waals surface area (Å²) in [6.45, 7) is 0.363. The quantitative estimate of drug-likeness (QED) is 0.767. The van der Waals surface area contributed by atoms with Crippen LogP contribution in [0.25, 0.3) is 0 Å². The van der Waals surface area contributed by atoms with Crippen molar-refractivity contribution in [3.05, 3.63) is 29.8 Å². The van der Waals surface area contributed by atoms with Crippen LogP contribution in [-0.4, -0.2) is 17.8 Å². The zero-order chi connectivity index (χ0) is 11.7. The summed E-state index contributed by atoms with van der Waals surface area (Å²) in [7, 11) is 0. The number of hydrogen-bond acceptors (Lipinski definition) is 1. The van der Waals surface area contributed by atoms with E-state index < -0.39 is 11.6 Å². The Hall–Kier alpha value is -0.970. The molecule has 1 saturated heterocycles. The standard InChI is InChI=1S/C11H10BrF2NO/c12-5-7-4-10(16)15(6-7)11-8(13)2-1-3-9(11)14/h1-3,7H,4-6H2. The number of alkyl halides is 1. The number of benzene rings is 1. The van der Waals surface area contributed by atoms with Gasteiger partial charge in [0.15, 0.2) is 0 Å². The van der Waals surface area contributed by atoms with Crippen molar-refractivity contribution in [2.75, 3.05) is 16.8 Å². The molecule has 1 unspecified atom stereocenters. The molecule has 1 aromatic rings. The molecule has 0 saturated carbocycles. The van der Waals surface area contributed by atoms with Crippen molar-refractivity contribution in [1.82, 2.24) is 0 Å². The Morgan fingerprint density at radius 3 is 2.50 bits per heavy atom. The molecule has 5 heteroatoms. The van der Waals surface area contributed by atoms with Gasteiger partial charge >= 0.3 is 0 Å². The largest absolute Gasteiger partial charge is 0.307 e. The van der Waals surface area contributed by atoms with Gasteiger partial charge in [-0.1, -0.05) is 22.0 Å². The molecule has 2 rings (SSSR count). The maximum atomic E-state index is 13.5. The number of halogens is 3. The number of carbonyl (C=O) groups excluding carboxylic acids is 1. The fraction of sp³-hybridized carbons (Fsp3) is 0.364. The van der Waals surface area contributed by atoms with E-state index in [2.05, 4.69) is 15.9 Å². The summed E-state index contributed by atoms with van der Waals surface area (Å²) in [6.07, 6.45) is 0.332. The number of anilines is 1. The Balaban J connectivity index is 2.35. The topological polar surface area (TPSA) is 20.3 Å². The summed E-state index contributed by atoms with van der Waals surface area (Å²) in [5, 5.41) is 0.658. The van der Waals surface area contributed by atoms with Crippen molar-refractivity contribution in [3.8, 4) is 0 Å². The van der Waals surface area contributed by atoms with Crippen molar-refractivity contribution in [2.24, 2.45) is 5.92 Å². The lowest BCUT2D eigenvalue weighted by molar-refractivity contribution is -0.117. The molecule has 0 bridgehead atoms. The maximum absolute atomic E-state index is 13.5. The van der Waals surface area contributed by atoms with E-state index in [1.165, 1.54) is 11.0 Å². The molecule has 1 heterocycles. The van der Waals surface area contributed by atoms with Gasteiger partial charge in [0, 0.05) is 18.3 Å². The Bertz CT molecular complexity index is 404. The molecule has 1 atom stereocenters. The second kappa shape index (κ2) is 4.49. The molecule has 1 amide bonds. The molecular weight excluding hydrogens is 280 g/mol. The third kappa shape index (κ3) is 1.96. The zero-order valence-electron chi connectivity index (χ0n) is 8.42. The molecular formula is C11H10BrF2NO. The van der Waals surface area contributed by atoms with Crippen LogP contribution in [0.3, 0.4) is 0 Å². The highest BCUT2D eigenvalue weighted by atomic mass is 79.9. The fourth-order valence-corrected chi connectivity index (χ4v) is 2.28. The normalized spacial score (nSPS) is 20.6. The molecule has 1 fully saturated rings. The summed E-state index contributed by atoms with van der Waals surface area (Å²) in [5.41, 5.74) is -0.226. The van der Waals surface area contributed by atoms with Gasteiger partial charge in [0.05, 0.1) is 0 Å². The van der Waals surface area contributed by atoms with Crippen LogP contribution < -0.4 is 4.90 Å². The third-order valence-electron chi connectivity index (χ3n) is 2.63. The molecule has 0 N–H and O–H groups in total. The van der Waals surface area contributed by atoms with Crippen molar-refractivity contribution in [3.63, 3.8) is 0 Å². The molecule has 0 radical (unpaired) electrons. The first-order valence-corrected chi connectivity index (χ1v) is 6.06. The van der Waals surface area contributed by atoms with E-state index in [1.807, 2.05) is 0 Å². The highest BCUT2D eigenvalue weighted by Crippen LogP contribution is 2.30. The lowest BCUT2D eigenvalue weighted by Gasteiger charge is -2.17. The first kappa shape index (κ1) is 11.5. The van der Waals surface area contributed by atoms with Crippen molar-refractivity contribution in [2.45, 2.75) is 6.42 Å². The van der Waals surface area contributed by atoms with Crippen LogP contribution >= 0.6 is 15.9 Å². The van der Waals surface area contributed by atoms with Gasteiger partial charge < -0.3 is 4.90 Å². The van der Waals surface area contributed by atoms with Gasteiger partial charge in [-0.05, 0) is 18.1 Å². The van der Waals surface area contributed by atoms with Crippen molar-refractivity contribution >= 4 is 27.5 Å². The van der Waals surface area contributed by atoms with Gasteiger partial charge in [-0.3, -0.25) is 4.79 Å². The van der Waals surface area contributed by atoms with Gasteiger partial charge in [-0.2, -0.15) is 0 Å². The minimum atomic E-state index is -0.691. The van der Waals surface area contributed by atoms with Gasteiger partial charge in [0.1, 0.15) is 17.3 Å². The Morgan fingerprint density at radius 2 is 2.00 bits per heavy atom. The lowest BCUT2D eigenvalue weighted by Crippen LogP contribution is -2.26. The molecule has 86 valence electrons. The van der Waals surface area contributed by atoms with E-state index in [0.29, 0.717) is 18.3 Å². The number of para-hydroxylation sites is 1. The average Bonchev–Trinajstić information content (AvgIpc) is 2.60. The third-order valence-corrected chi connectivity index (χ3v) is 3.55. The molecule has 0 aromatic heterocycles. The lowest BCUT2D eigenvalue weighted by atomic mass is 10.2. The molecule has 16 heavy (non-hydrogen) atoms. The number of nitrogens with zero attached hydrogens (tertiary/aromatic N) is 1. The fourth-order valence-electron chi connectivity index (χ4n) is 1.85. The highest BCUT2D eigenvalue weighted by molar-refractivity contribution is 9.09. The van der Waals surface area contributed by atoms with Crippen LogP contribution in [0, 0.1) is 17.6 Å². The Labute approximate surface area is 100 Å². The summed E-state index contributed by atoms with van der Waals surface area (Å²) < 4.78 is 26.9. The molecule has 1 aliphatic rings. The van der Waals surface area contributed by atoms with Gasteiger partial charge in [-0.25, -0.2) is 8.78 Å². The zero-order valence-corrected chi connectivity index (χ0v) is 10.0. The first-order chi connectivity index (χ1) is 7.63. The molecule has 1 aromatic carbocycles. The number of hydrogen-bond donors (Lipinski definition) is 0. The van der Waals surface area contributed by atoms with Crippen molar-refractivity contribution < 1.29 is 13.6 Å². The van der Waals surface area contributed by atoms with Crippen molar-refractivity contribution in [1.29, 1.82) is 0 Å². The summed E-state index contributed by atoms with van der Waals surface area (Å²) in [6, 6.07) is 3.61. The predicted molar refractivity (Wildman–Crippen MR) is 60.6 cm³/mol. The van der Waals surface area contributed by atoms with Crippen LogP contribution in [0.4, 0.5) is 14.5 Å². The summed E-state index contributed by atoms with van der Waals surface area (Å²) in [4.78, 5) is 12.8. The highest BCUT2D eigenvalue weighted by Gasteiger charge is 2.32. The van der Waals surface area contributed by atoms with Crippen LogP contribution in [0.5, 0.6) is 0 Å². The molecule has 0 aliphatic carbocycles. The van der Waals surface area contributed by atoms with Crippen LogP contribution in [0.15, 0.2) is 18.2 Å². The van der Waals surface area contributed by atoms with Crippen LogP contribution in [0.2, 0.25) is 0 Å². The van der Waals surface area contributed by atoms with Gasteiger partial charge in [0.2, 0.25) is 5.91 Å². The van der Waals surface area contributed by atoms with E-state index in [0.717, 1.165) is 12.1 Å². The molecule has 2 nitrogen and oxygen atoms in total. The second-order valence-corrected chi connectivity index (χ2v) is 4.45. The monoisotopic (exact) mass is 289 g/mol. The first-order valence-electron chi connectivity index (χ1n) is 4.94. The number of amides is 1. The Morgan fingerprint density at radius 1 is 1.38 bits per heavy atom. The SMILES string of the molecule is O=C1CC(CBr)CN1c1c(F)cccc1F. The van der Waals surface area contributed by atoms with E-state index in [9.17, 15) is 13.6 Å². The second-order valence-electron chi connectivity index (χ2n) is 3.80. The van der Waals surface area contributed by atoms with Gasteiger partial charge in [-0.15, -0.1) is 0 Å². The Kier molecular flexibility index (Phi) is 3.23.